The molecule has 3 aromatic rings. The molecule has 1 aliphatic rings. The third kappa shape index (κ3) is 2.31. The fourth-order valence-corrected chi connectivity index (χ4v) is 4.25. The number of para-hydroxylation sites is 1. The van der Waals surface area contributed by atoms with Crippen LogP contribution in [0.5, 0.6) is 0 Å². The van der Waals surface area contributed by atoms with E-state index in [0.29, 0.717) is 10.6 Å². The zero-order valence-electron chi connectivity index (χ0n) is 12.1. The van der Waals surface area contributed by atoms with Crippen LogP contribution in [-0.4, -0.2) is 17.0 Å². The predicted molar refractivity (Wildman–Crippen MR) is 87.5 cm³/mol. The highest BCUT2D eigenvalue weighted by molar-refractivity contribution is 7.17. The number of thiophene rings is 1. The van der Waals surface area contributed by atoms with Gasteiger partial charge in [-0.25, -0.2) is 4.79 Å². The van der Waals surface area contributed by atoms with Crippen molar-refractivity contribution in [2.45, 2.75) is 19.3 Å². The quantitative estimate of drug-likeness (QED) is 0.764. The molecule has 1 aromatic carbocycles. The first-order valence-corrected chi connectivity index (χ1v) is 8.13. The van der Waals surface area contributed by atoms with E-state index in [2.05, 4.69) is 5.32 Å². The summed E-state index contributed by atoms with van der Waals surface area (Å²) in [5.41, 5.74) is 1.72. The lowest BCUT2D eigenvalue weighted by molar-refractivity contribution is 0.0697. The van der Waals surface area contributed by atoms with Gasteiger partial charge in [-0.05, 0) is 37.0 Å². The number of amides is 1. The van der Waals surface area contributed by atoms with Gasteiger partial charge in [-0.3, -0.25) is 4.79 Å². The first-order chi connectivity index (χ1) is 11.1. The Morgan fingerprint density at radius 3 is 2.83 bits per heavy atom. The molecule has 2 heterocycles. The predicted octanol–water partition coefficient (Wildman–Crippen LogP) is 3.93. The molecule has 5 nitrogen and oxygen atoms in total. The molecule has 0 radical (unpaired) electrons. The van der Waals surface area contributed by atoms with Crippen LogP contribution in [0.2, 0.25) is 0 Å². The molecular weight excluding hydrogens is 314 g/mol. The Labute approximate surface area is 135 Å². The van der Waals surface area contributed by atoms with Crippen molar-refractivity contribution < 1.29 is 19.1 Å². The number of aryl methyl sites for hydroxylation is 1. The van der Waals surface area contributed by atoms with Gasteiger partial charge in [-0.1, -0.05) is 18.2 Å². The Balaban J connectivity index is 1.68. The highest BCUT2D eigenvalue weighted by Crippen LogP contribution is 2.39. The number of carbonyl (C=O) groups is 2. The summed E-state index contributed by atoms with van der Waals surface area (Å²) in [5.74, 6) is -1.25. The van der Waals surface area contributed by atoms with Gasteiger partial charge in [0.25, 0.3) is 5.91 Å². The molecule has 0 aliphatic heterocycles. The van der Waals surface area contributed by atoms with Crippen LogP contribution >= 0.6 is 11.3 Å². The van der Waals surface area contributed by atoms with Gasteiger partial charge in [0.2, 0.25) is 0 Å². The summed E-state index contributed by atoms with van der Waals surface area (Å²) in [4.78, 5) is 25.0. The van der Waals surface area contributed by atoms with E-state index in [4.69, 9.17) is 4.42 Å². The number of carboxylic acid groups (broad SMARTS) is 1. The van der Waals surface area contributed by atoms with Crippen LogP contribution in [0.1, 0.15) is 37.8 Å². The third-order valence-corrected chi connectivity index (χ3v) is 5.22. The van der Waals surface area contributed by atoms with Crippen molar-refractivity contribution in [3.63, 3.8) is 0 Å². The zero-order valence-corrected chi connectivity index (χ0v) is 12.9. The molecule has 0 saturated heterocycles. The summed E-state index contributed by atoms with van der Waals surface area (Å²) in [6, 6.07) is 9.00. The molecule has 0 unspecified atom stereocenters. The number of hydrogen-bond acceptors (Lipinski definition) is 4. The molecule has 6 heteroatoms. The van der Waals surface area contributed by atoms with Crippen LogP contribution in [0.15, 0.2) is 34.7 Å². The number of carboxylic acids is 1. The van der Waals surface area contributed by atoms with E-state index in [9.17, 15) is 14.7 Å². The van der Waals surface area contributed by atoms with Crippen LogP contribution in [0, 0.1) is 0 Å². The molecular formula is C17H13NO4S. The molecule has 2 aromatic heterocycles. The van der Waals surface area contributed by atoms with Gasteiger partial charge in [-0.2, -0.15) is 0 Å². The van der Waals surface area contributed by atoms with Crippen molar-refractivity contribution in [1.82, 2.24) is 0 Å². The number of carbonyl (C=O) groups excluding carboxylic acids is 1. The summed E-state index contributed by atoms with van der Waals surface area (Å²) < 4.78 is 5.52. The normalized spacial score (nSPS) is 13.2. The van der Waals surface area contributed by atoms with E-state index in [1.165, 1.54) is 11.3 Å². The molecule has 1 aliphatic carbocycles. The van der Waals surface area contributed by atoms with Crippen LogP contribution in [-0.2, 0) is 12.8 Å². The molecule has 23 heavy (non-hydrogen) atoms. The van der Waals surface area contributed by atoms with Crippen molar-refractivity contribution >= 4 is 39.2 Å². The largest absolute Gasteiger partial charge is 0.478 e. The van der Waals surface area contributed by atoms with E-state index in [0.717, 1.165) is 35.1 Å². The van der Waals surface area contributed by atoms with Crippen LogP contribution in [0.3, 0.4) is 0 Å². The van der Waals surface area contributed by atoms with E-state index >= 15 is 0 Å². The van der Waals surface area contributed by atoms with Crippen molar-refractivity contribution in [2.24, 2.45) is 0 Å². The van der Waals surface area contributed by atoms with Gasteiger partial charge in [-0.15, -0.1) is 11.3 Å². The third-order valence-electron chi connectivity index (χ3n) is 4.01. The first kappa shape index (κ1) is 14.0. The summed E-state index contributed by atoms with van der Waals surface area (Å²) in [5, 5.41) is 13.4. The second kappa shape index (κ2) is 5.24. The molecule has 0 saturated carbocycles. The van der Waals surface area contributed by atoms with Gasteiger partial charge in [0.1, 0.15) is 10.6 Å². The highest BCUT2D eigenvalue weighted by Gasteiger charge is 2.27. The van der Waals surface area contributed by atoms with Crippen LogP contribution in [0.4, 0.5) is 5.00 Å². The maximum absolute atomic E-state index is 12.4. The number of fused-ring (bicyclic) bond motifs is 2. The first-order valence-electron chi connectivity index (χ1n) is 7.31. The Kier molecular flexibility index (Phi) is 3.20. The zero-order chi connectivity index (χ0) is 16.0. The maximum Gasteiger partial charge on any atom is 0.339 e. The number of nitrogens with one attached hydrogen (secondary N) is 1. The summed E-state index contributed by atoms with van der Waals surface area (Å²) >= 11 is 1.35. The van der Waals surface area contributed by atoms with Gasteiger partial charge < -0.3 is 14.8 Å². The van der Waals surface area contributed by atoms with Crippen molar-refractivity contribution in [3.8, 4) is 0 Å². The summed E-state index contributed by atoms with van der Waals surface area (Å²) in [6.07, 6.45) is 2.61. The summed E-state index contributed by atoms with van der Waals surface area (Å²) in [7, 11) is 0. The SMILES string of the molecule is O=C(Nc1sc2c(c1C(=O)O)CCC2)c1cc2ccccc2o1. The van der Waals surface area contributed by atoms with Gasteiger partial charge >= 0.3 is 5.97 Å². The molecule has 0 atom stereocenters. The fraction of sp³-hybridized carbons (Fsp3) is 0.176. The standard InChI is InChI=1S/C17H13NO4S/c19-15(12-8-9-4-1-2-6-11(9)22-12)18-16-14(17(20)21)10-5-3-7-13(10)23-16/h1-2,4,6,8H,3,5,7H2,(H,18,19)(H,20,21). The Hall–Kier alpha value is -2.60. The maximum atomic E-state index is 12.4. The molecule has 0 bridgehead atoms. The number of benzene rings is 1. The summed E-state index contributed by atoms with van der Waals surface area (Å²) in [6.45, 7) is 0. The van der Waals surface area contributed by atoms with E-state index in [-0.39, 0.29) is 11.3 Å². The minimum Gasteiger partial charge on any atom is -0.478 e. The van der Waals surface area contributed by atoms with E-state index in [1.807, 2.05) is 18.2 Å². The van der Waals surface area contributed by atoms with E-state index in [1.54, 1.807) is 12.1 Å². The minimum absolute atomic E-state index is 0.177. The Morgan fingerprint density at radius 1 is 1.22 bits per heavy atom. The molecule has 0 fully saturated rings. The second-order valence-electron chi connectivity index (χ2n) is 5.47. The second-order valence-corrected chi connectivity index (χ2v) is 6.57. The average molecular weight is 327 g/mol. The van der Waals surface area contributed by atoms with Crippen LogP contribution < -0.4 is 5.32 Å². The number of rotatable bonds is 3. The molecule has 1 amide bonds. The Morgan fingerprint density at radius 2 is 2.04 bits per heavy atom. The van der Waals surface area contributed by atoms with Gasteiger partial charge in [0, 0.05) is 10.3 Å². The lowest BCUT2D eigenvalue weighted by atomic mass is 10.1. The van der Waals surface area contributed by atoms with Crippen molar-refractivity contribution in [3.05, 3.63) is 52.1 Å². The monoisotopic (exact) mass is 327 g/mol. The average Bonchev–Trinajstić information content (AvgIpc) is 3.19. The Bertz CT molecular complexity index is 904. The number of hydrogen-bond donors (Lipinski definition) is 2. The van der Waals surface area contributed by atoms with Gasteiger partial charge in [0.05, 0.1) is 5.56 Å². The minimum atomic E-state index is -0.996. The molecule has 4 rings (SSSR count). The van der Waals surface area contributed by atoms with E-state index < -0.39 is 11.9 Å². The van der Waals surface area contributed by atoms with Crippen LogP contribution in [0.25, 0.3) is 11.0 Å². The highest BCUT2D eigenvalue weighted by atomic mass is 32.1. The number of anilines is 1. The lowest BCUT2D eigenvalue weighted by Crippen LogP contribution is -2.13. The van der Waals surface area contributed by atoms with Crippen molar-refractivity contribution in [2.75, 3.05) is 5.32 Å². The lowest BCUT2D eigenvalue weighted by Gasteiger charge is -2.03. The van der Waals surface area contributed by atoms with Gasteiger partial charge in [0.15, 0.2) is 5.76 Å². The molecule has 0 spiro atoms. The number of aromatic carboxylic acids is 1. The fourth-order valence-electron chi connectivity index (χ4n) is 2.98. The smallest absolute Gasteiger partial charge is 0.339 e. The topological polar surface area (TPSA) is 79.5 Å². The molecule has 116 valence electrons. The molecule has 2 N–H and O–H groups in total. The van der Waals surface area contributed by atoms with Crippen molar-refractivity contribution in [1.29, 1.82) is 0 Å². The number of furan rings is 1.